The van der Waals surface area contributed by atoms with E-state index < -0.39 is 29.5 Å². The zero-order valence-corrected chi connectivity index (χ0v) is 23.1. The molecule has 3 rings (SSSR count). The summed E-state index contributed by atoms with van der Waals surface area (Å²) in [7, 11) is 3.17. The maximum atomic E-state index is 11.0. The summed E-state index contributed by atoms with van der Waals surface area (Å²) in [5, 5.41) is 21.8. The molecule has 2 aromatic carbocycles. The van der Waals surface area contributed by atoms with Crippen LogP contribution in [0.5, 0.6) is 5.75 Å². The predicted octanol–water partition coefficient (Wildman–Crippen LogP) is 4.87. The molecule has 1 fully saturated rings. The molecule has 0 radical (unpaired) electrons. The van der Waals surface area contributed by atoms with E-state index in [9.17, 15) is 10.2 Å². The summed E-state index contributed by atoms with van der Waals surface area (Å²) in [6.07, 6.45) is -1.65. The Morgan fingerprint density at radius 1 is 0.973 bits per heavy atom. The molecule has 7 nitrogen and oxygen atoms in total. The number of benzene rings is 2. The van der Waals surface area contributed by atoms with Crippen LogP contribution in [0.3, 0.4) is 0 Å². The molecule has 0 aliphatic carbocycles. The van der Waals surface area contributed by atoms with Crippen molar-refractivity contribution < 1.29 is 33.9 Å². The lowest BCUT2D eigenvalue weighted by atomic mass is 9.73. The number of hydrogen-bond donors (Lipinski definition) is 2. The highest BCUT2D eigenvalue weighted by Gasteiger charge is 2.58. The van der Waals surface area contributed by atoms with Crippen molar-refractivity contribution in [1.29, 1.82) is 0 Å². The molecule has 0 aromatic heterocycles. The van der Waals surface area contributed by atoms with Crippen LogP contribution in [-0.2, 0) is 32.2 Å². The van der Waals surface area contributed by atoms with Gasteiger partial charge >= 0.3 is 0 Å². The second kappa shape index (κ2) is 13.2. The minimum atomic E-state index is -1.33. The Morgan fingerprint density at radius 2 is 1.59 bits per heavy atom. The molecule has 0 bridgehead atoms. The van der Waals surface area contributed by atoms with Gasteiger partial charge in [0.05, 0.1) is 44.7 Å². The molecular formula is C30H44O7. The van der Waals surface area contributed by atoms with Gasteiger partial charge in [-0.1, -0.05) is 63.2 Å². The van der Waals surface area contributed by atoms with Crippen molar-refractivity contribution in [3.05, 3.63) is 65.7 Å². The van der Waals surface area contributed by atoms with E-state index in [1.807, 2.05) is 82.3 Å². The van der Waals surface area contributed by atoms with Crippen molar-refractivity contribution in [2.75, 3.05) is 14.2 Å². The van der Waals surface area contributed by atoms with E-state index in [4.69, 9.17) is 23.7 Å². The molecule has 0 saturated carbocycles. The fraction of sp³-hybridized carbons (Fsp3) is 0.600. The SMILES string of the molecule is CCC(C)(C)[C@]1(OC)O[C@H](CC(OCc2ccc(OC)cc2)[C@@H](C)OCc2ccccc2)C[C@H](O)[C@@H]1O. The van der Waals surface area contributed by atoms with Gasteiger partial charge in [-0.3, -0.25) is 0 Å². The first-order valence-electron chi connectivity index (χ1n) is 13.1. The van der Waals surface area contributed by atoms with Gasteiger partial charge in [-0.15, -0.1) is 0 Å². The second-order valence-electron chi connectivity index (χ2n) is 10.5. The molecule has 1 unspecified atom stereocenters. The van der Waals surface area contributed by atoms with Crippen LogP contribution in [0.25, 0.3) is 0 Å². The first-order valence-corrected chi connectivity index (χ1v) is 13.1. The minimum absolute atomic E-state index is 0.248. The maximum Gasteiger partial charge on any atom is 0.202 e. The van der Waals surface area contributed by atoms with Gasteiger partial charge in [0.2, 0.25) is 5.79 Å². The number of methoxy groups -OCH3 is 2. The highest BCUT2D eigenvalue weighted by Crippen LogP contribution is 2.46. The van der Waals surface area contributed by atoms with Crippen molar-refractivity contribution in [2.24, 2.45) is 5.41 Å². The third-order valence-corrected chi connectivity index (χ3v) is 7.73. The molecule has 206 valence electrons. The molecule has 2 N–H and O–H groups in total. The van der Waals surface area contributed by atoms with Crippen LogP contribution in [-0.4, -0.2) is 60.7 Å². The summed E-state index contributed by atoms with van der Waals surface area (Å²) >= 11 is 0. The van der Waals surface area contributed by atoms with Crippen molar-refractivity contribution >= 4 is 0 Å². The van der Waals surface area contributed by atoms with Gasteiger partial charge in [-0.25, -0.2) is 0 Å². The summed E-state index contributed by atoms with van der Waals surface area (Å²) in [6.45, 7) is 8.84. The molecule has 1 aliphatic rings. The molecule has 1 saturated heterocycles. The van der Waals surface area contributed by atoms with E-state index in [0.717, 1.165) is 16.9 Å². The average molecular weight is 517 g/mol. The van der Waals surface area contributed by atoms with Gasteiger partial charge in [0.1, 0.15) is 11.9 Å². The lowest BCUT2D eigenvalue weighted by molar-refractivity contribution is -0.376. The zero-order valence-electron chi connectivity index (χ0n) is 23.1. The van der Waals surface area contributed by atoms with Gasteiger partial charge in [0.15, 0.2) is 0 Å². The van der Waals surface area contributed by atoms with E-state index >= 15 is 0 Å². The van der Waals surface area contributed by atoms with Gasteiger partial charge in [0.25, 0.3) is 0 Å². The average Bonchev–Trinajstić information content (AvgIpc) is 2.92. The zero-order chi connectivity index (χ0) is 27.1. The third kappa shape index (κ3) is 7.11. The Morgan fingerprint density at radius 3 is 2.19 bits per heavy atom. The van der Waals surface area contributed by atoms with Crippen LogP contribution in [0, 0.1) is 5.41 Å². The summed E-state index contributed by atoms with van der Waals surface area (Å²) in [5.74, 6) is -0.545. The Kier molecular flexibility index (Phi) is 10.5. The van der Waals surface area contributed by atoms with E-state index in [1.54, 1.807) is 7.11 Å². The van der Waals surface area contributed by atoms with Gasteiger partial charge in [0, 0.05) is 25.4 Å². The second-order valence-corrected chi connectivity index (χ2v) is 10.5. The number of aliphatic hydroxyl groups is 2. The molecule has 7 heteroatoms. The van der Waals surface area contributed by atoms with Crippen LogP contribution >= 0.6 is 0 Å². The number of ether oxygens (including phenoxy) is 5. The molecule has 1 aliphatic heterocycles. The fourth-order valence-electron chi connectivity index (χ4n) is 4.90. The van der Waals surface area contributed by atoms with Crippen LogP contribution in [0.15, 0.2) is 54.6 Å². The smallest absolute Gasteiger partial charge is 0.202 e. The van der Waals surface area contributed by atoms with Gasteiger partial charge in [-0.2, -0.15) is 0 Å². The number of hydrogen-bond acceptors (Lipinski definition) is 7. The molecule has 2 aromatic rings. The van der Waals surface area contributed by atoms with E-state index in [2.05, 4.69) is 0 Å². The standard InChI is InChI=1S/C30H44O7/c1-7-29(3,4)30(34-6)28(32)26(31)17-25(37-30)18-27(21(2)35-19-22-11-9-8-10-12-22)36-20-23-13-15-24(33-5)16-14-23/h8-16,21,25-28,31-32H,7,17-20H2,1-6H3/t21-,25+,26+,27?,28+,30-/m1/s1. The van der Waals surface area contributed by atoms with Crippen molar-refractivity contribution in [3.8, 4) is 5.75 Å². The Hall–Kier alpha value is -2.00. The maximum absolute atomic E-state index is 11.0. The summed E-state index contributed by atoms with van der Waals surface area (Å²) in [6, 6.07) is 17.8. The van der Waals surface area contributed by atoms with Crippen molar-refractivity contribution in [2.45, 2.75) is 96.5 Å². The summed E-state index contributed by atoms with van der Waals surface area (Å²) in [5.41, 5.74) is 1.56. The monoisotopic (exact) mass is 516 g/mol. The highest BCUT2D eigenvalue weighted by molar-refractivity contribution is 5.26. The van der Waals surface area contributed by atoms with Crippen molar-refractivity contribution in [1.82, 2.24) is 0 Å². The largest absolute Gasteiger partial charge is 0.497 e. The Bertz CT molecular complexity index is 933. The summed E-state index contributed by atoms with van der Waals surface area (Å²) in [4.78, 5) is 0. The van der Waals surface area contributed by atoms with Crippen LogP contribution in [0.1, 0.15) is 58.1 Å². The molecule has 0 spiro atoms. The van der Waals surface area contributed by atoms with E-state index in [-0.39, 0.29) is 18.6 Å². The minimum Gasteiger partial charge on any atom is -0.497 e. The molecular weight excluding hydrogens is 472 g/mol. The normalized spacial score (nSPS) is 26.0. The molecule has 37 heavy (non-hydrogen) atoms. The van der Waals surface area contributed by atoms with Crippen LogP contribution in [0.4, 0.5) is 0 Å². The fourth-order valence-corrected chi connectivity index (χ4v) is 4.90. The van der Waals surface area contributed by atoms with Gasteiger partial charge in [-0.05, 0) is 36.6 Å². The van der Waals surface area contributed by atoms with Crippen LogP contribution < -0.4 is 4.74 Å². The highest BCUT2D eigenvalue weighted by atomic mass is 16.7. The molecule has 0 amide bonds. The Labute approximate surface area is 221 Å². The lowest BCUT2D eigenvalue weighted by Gasteiger charge is -2.53. The van der Waals surface area contributed by atoms with Crippen LogP contribution in [0.2, 0.25) is 0 Å². The predicted molar refractivity (Wildman–Crippen MR) is 142 cm³/mol. The topological polar surface area (TPSA) is 86.6 Å². The number of aliphatic hydroxyl groups excluding tert-OH is 2. The quantitative estimate of drug-likeness (QED) is 0.393. The van der Waals surface area contributed by atoms with E-state index in [0.29, 0.717) is 26.1 Å². The lowest BCUT2D eigenvalue weighted by Crippen LogP contribution is -2.66. The van der Waals surface area contributed by atoms with Crippen molar-refractivity contribution in [3.63, 3.8) is 0 Å². The Balaban J connectivity index is 1.77. The molecule has 6 atom stereocenters. The third-order valence-electron chi connectivity index (χ3n) is 7.73. The first kappa shape index (κ1) is 29.6. The van der Waals surface area contributed by atoms with E-state index in [1.165, 1.54) is 7.11 Å². The number of rotatable bonds is 13. The first-order chi connectivity index (χ1) is 17.7. The molecule has 1 heterocycles. The summed E-state index contributed by atoms with van der Waals surface area (Å²) < 4.78 is 30.2. The van der Waals surface area contributed by atoms with Gasteiger partial charge < -0.3 is 33.9 Å².